The predicted octanol–water partition coefficient (Wildman–Crippen LogP) is 1.61. The maximum Gasteiger partial charge on any atom is 0.231 e. The largest absolute Gasteiger partial charge is 0.454 e. The number of benzene rings is 1. The highest BCUT2D eigenvalue weighted by atomic mass is 32.2. The number of piperidine rings is 1. The first-order chi connectivity index (χ1) is 11.4. The highest BCUT2D eigenvalue weighted by Crippen LogP contribution is 2.33. The van der Waals surface area contributed by atoms with Crippen molar-refractivity contribution in [2.45, 2.75) is 32.2 Å². The number of fused-ring (bicyclic) bond motifs is 1. The topological polar surface area (TPSA) is 67.9 Å². The average Bonchev–Trinajstić information content (AvgIpc) is 2.95. The number of sulfonamides is 1. The van der Waals surface area contributed by atoms with Gasteiger partial charge in [-0.15, -0.1) is 0 Å². The van der Waals surface area contributed by atoms with E-state index in [1.165, 1.54) is 11.8 Å². The molecule has 3 rings (SSSR count). The van der Waals surface area contributed by atoms with Crippen LogP contribution in [0.3, 0.4) is 0 Å². The fourth-order valence-electron chi connectivity index (χ4n) is 3.51. The van der Waals surface area contributed by atoms with Gasteiger partial charge >= 0.3 is 0 Å². The Morgan fingerprint density at radius 2 is 1.96 bits per heavy atom. The second-order valence-corrected chi connectivity index (χ2v) is 8.74. The fourth-order valence-corrected chi connectivity index (χ4v) is 4.35. The van der Waals surface area contributed by atoms with Crippen molar-refractivity contribution in [3.8, 4) is 11.5 Å². The van der Waals surface area contributed by atoms with Crippen LogP contribution >= 0.6 is 0 Å². The minimum absolute atomic E-state index is 0.0837. The molecule has 1 unspecified atom stereocenters. The third-order valence-corrected chi connectivity index (χ3v) is 5.32. The molecule has 0 amide bonds. The van der Waals surface area contributed by atoms with Crippen LogP contribution in [0.15, 0.2) is 18.2 Å². The first-order valence-corrected chi connectivity index (χ1v) is 10.4. The summed E-state index contributed by atoms with van der Waals surface area (Å²) in [5.41, 5.74) is 1.26. The molecule has 1 fully saturated rings. The van der Waals surface area contributed by atoms with Crippen molar-refractivity contribution in [2.24, 2.45) is 5.92 Å². The Hall–Kier alpha value is -1.31. The van der Waals surface area contributed by atoms with E-state index in [0.29, 0.717) is 12.7 Å². The molecule has 7 heteroatoms. The summed E-state index contributed by atoms with van der Waals surface area (Å²) in [6.07, 6.45) is 3.98. The number of hydrogen-bond acceptors (Lipinski definition) is 5. The summed E-state index contributed by atoms with van der Waals surface area (Å²) >= 11 is 0. The zero-order valence-electron chi connectivity index (χ0n) is 14.3. The van der Waals surface area contributed by atoms with E-state index in [2.05, 4.69) is 28.7 Å². The molecule has 6 nitrogen and oxygen atoms in total. The lowest BCUT2D eigenvalue weighted by Gasteiger charge is -2.33. The van der Waals surface area contributed by atoms with Crippen LogP contribution in [0.1, 0.15) is 25.3 Å². The molecule has 2 heterocycles. The monoisotopic (exact) mass is 354 g/mol. The van der Waals surface area contributed by atoms with Gasteiger partial charge in [0.05, 0.1) is 6.26 Å². The molecule has 1 aromatic rings. The van der Waals surface area contributed by atoms with Gasteiger partial charge in [0, 0.05) is 12.6 Å². The molecule has 0 bridgehead atoms. The van der Waals surface area contributed by atoms with Crippen LogP contribution in [0.2, 0.25) is 0 Å². The molecule has 0 aromatic heterocycles. The third-order valence-electron chi connectivity index (χ3n) is 4.56. The van der Waals surface area contributed by atoms with Crippen molar-refractivity contribution in [3.63, 3.8) is 0 Å². The van der Waals surface area contributed by atoms with Gasteiger partial charge in [-0.25, -0.2) is 13.1 Å². The Bertz CT molecular complexity index is 669. The van der Waals surface area contributed by atoms with Crippen molar-refractivity contribution in [2.75, 3.05) is 32.7 Å². The van der Waals surface area contributed by atoms with E-state index < -0.39 is 10.0 Å². The highest BCUT2D eigenvalue weighted by molar-refractivity contribution is 7.88. The maximum atomic E-state index is 11.3. The SMILES string of the molecule is CC(Cc1ccc2c(c1)OCO2)CN1CCC(NS(C)(=O)=O)CC1. The van der Waals surface area contributed by atoms with E-state index in [9.17, 15) is 8.42 Å². The molecule has 0 radical (unpaired) electrons. The fraction of sp³-hybridized carbons (Fsp3) is 0.647. The number of likely N-dealkylation sites (tertiary alicyclic amines) is 1. The lowest BCUT2D eigenvalue weighted by atomic mass is 9.98. The van der Waals surface area contributed by atoms with E-state index in [-0.39, 0.29) is 6.04 Å². The Balaban J connectivity index is 1.45. The molecule has 0 aliphatic carbocycles. The summed E-state index contributed by atoms with van der Waals surface area (Å²) in [6.45, 7) is 5.48. The molecule has 2 aliphatic rings. The van der Waals surface area contributed by atoms with E-state index in [0.717, 1.165) is 50.4 Å². The average molecular weight is 354 g/mol. The predicted molar refractivity (Wildman–Crippen MR) is 92.9 cm³/mol. The van der Waals surface area contributed by atoms with Crippen LogP contribution in [0.4, 0.5) is 0 Å². The Morgan fingerprint density at radius 3 is 2.67 bits per heavy atom. The third kappa shape index (κ3) is 4.84. The smallest absolute Gasteiger partial charge is 0.231 e. The molecule has 1 aromatic carbocycles. The van der Waals surface area contributed by atoms with Crippen LogP contribution < -0.4 is 14.2 Å². The minimum Gasteiger partial charge on any atom is -0.454 e. The van der Waals surface area contributed by atoms with Gasteiger partial charge in [-0.05, 0) is 56.0 Å². The summed E-state index contributed by atoms with van der Waals surface area (Å²) in [4.78, 5) is 2.43. The Kier molecular flexibility index (Phi) is 5.32. The first kappa shape index (κ1) is 17.5. The second-order valence-electron chi connectivity index (χ2n) is 6.96. The van der Waals surface area contributed by atoms with E-state index in [1.54, 1.807) is 0 Å². The summed E-state index contributed by atoms with van der Waals surface area (Å²) in [6, 6.07) is 6.24. The van der Waals surface area contributed by atoms with Gasteiger partial charge in [-0.1, -0.05) is 13.0 Å². The summed E-state index contributed by atoms with van der Waals surface area (Å²) in [5.74, 6) is 2.20. The zero-order chi connectivity index (χ0) is 17.2. The molecular formula is C17H26N2O4S. The number of nitrogens with one attached hydrogen (secondary N) is 1. The maximum absolute atomic E-state index is 11.3. The summed E-state index contributed by atoms with van der Waals surface area (Å²) < 4.78 is 36.1. The second kappa shape index (κ2) is 7.29. The van der Waals surface area contributed by atoms with Gasteiger partial charge in [0.15, 0.2) is 11.5 Å². The molecule has 1 N–H and O–H groups in total. The molecule has 1 saturated heterocycles. The van der Waals surface area contributed by atoms with Crippen molar-refractivity contribution >= 4 is 10.0 Å². The molecule has 24 heavy (non-hydrogen) atoms. The van der Waals surface area contributed by atoms with Crippen LogP contribution in [0, 0.1) is 5.92 Å². The van der Waals surface area contributed by atoms with E-state index in [1.807, 2.05) is 6.07 Å². The Morgan fingerprint density at radius 1 is 1.25 bits per heavy atom. The van der Waals surface area contributed by atoms with Gasteiger partial charge in [-0.2, -0.15) is 0 Å². The molecular weight excluding hydrogens is 328 g/mol. The summed E-state index contributed by atoms with van der Waals surface area (Å²) in [5, 5.41) is 0. The van der Waals surface area contributed by atoms with E-state index >= 15 is 0 Å². The van der Waals surface area contributed by atoms with Crippen LogP contribution in [0.5, 0.6) is 11.5 Å². The number of rotatable bonds is 6. The lowest BCUT2D eigenvalue weighted by Crippen LogP contribution is -2.45. The summed E-state index contributed by atoms with van der Waals surface area (Å²) in [7, 11) is -3.10. The van der Waals surface area contributed by atoms with E-state index in [4.69, 9.17) is 9.47 Å². The first-order valence-electron chi connectivity index (χ1n) is 8.47. The lowest BCUT2D eigenvalue weighted by molar-refractivity contribution is 0.174. The van der Waals surface area contributed by atoms with Crippen LogP contribution in [0.25, 0.3) is 0 Å². The molecule has 2 aliphatic heterocycles. The van der Waals surface area contributed by atoms with Crippen molar-refractivity contribution in [1.29, 1.82) is 0 Å². The van der Waals surface area contributed by atoms with Crippen LogP contribution in [-0.2, 0) is 16.4 Å². The number of ether oxygens (including phenoxy) is 2. The van der Waals surface area contributed by atoms with Crippen molar-refractivity contribution < 1.29 is 17.9 Å². The minimum atomic E-state index is -3.10. The standard InChI is InChI=1S/C17H26N2O4S/c1-13(9-14-3-4-16-17(10-14)23-12-22-16)11-19-7-5-15(6-8-19)18-24(2,20)21/h3-4,10,13,15,18H,5-9,11-12H2,1-2H3. The molecule has 134 valence electrons. The van der Waals surface area contributed by atoms with Crippen LogP contribution in [-0.4, -0.2) is 52.0 Å². The van der Waals surface area contributed by atoms with Gasteiger partial charge < -0.3 is 14.4 Å². The molecule has 1 atom stereocenters. The molecule has 0 spiro atoms. The number of hydrogen-bond donors (Lipinski definition) is 1. The van der Waals surface area contributed by atoms with Crippen molar-refractivity contribution in [1.82, 2.24) is 9.62 Å². The van der Waals surface area contributed by atoms with Crippen molar-refractivity contribution in [3.05, 3.63) is 23.8 Å². The normalized spacial score (nSPS) is 20.2. The Labute approximate surface area is 144 Å². The highest BCUT2D eigenvalue weighted by Gasteiger charge is 2.23. The van der Waals surface area contributed by atoms with Gasteiger partial charge in [0.1, 0.15) is 0 Å². The van der Waals surface area contributed by atoms with Gasteiger partial charge in [-0.3, -0.25) is 0 Å². The van der Waals surface area contributed by atoms with Gasteiger partial charge in [0.25, 0.3) is 0 Å². The number of nitrogens with zero attached hydrogens (tertiary/aromatic N) is 1. The quantitative estimate of drug-likeness (QED) is 0.841. The van der Waals surface area contributed by atoms with Gasteiger partial charge in [0.2, 0.25) is 16.8 Å². The zero-order valence-corrected chi connectivity index (χ0v) is 15.1. The molecule has 0 saturated carbocycles.